The van der Waals surface area contributed by atoms with Crippen LogP contribution in [0, 0.1) is 0 Å². The largest absolute Gasteiger partial charge is 0.463 e. The van der Waals surface area contributed by atoms with Gasteiger partial charge in [-0.25, -0.2) is 0 Å². The minimum absolute atomic E-state index is 0. The number of hydrogen-bond acceptors (Lipinski definition) is 4. The normalized spacial score (nSPS) is 8.55. The van der Waals surface area contributed by atoms with Crippen molar-refractivity contribution < 1.29 is 14.6 Å². The van der Waals surface area contributed by atoms with E-state index in [1.54, 1.807) is 0 Å². The Bertz CT molecular complexity index is 89.8. The maximum Gasteiger partial charge on any atom is 0.305 e. The van der Waals surface area contributed by atoms with Crippen molar-refractivity contribution in [2.75, 3.05) is 19.8 Å². The van der Waals surface area contributed by atoms with Crippen LogP contribution in [0.1, 0.15) is 12.8 Å². The summed E-state index contributed by atoms with van der Waals surface area (Å²) in [6, 6.07) is 0. The van der Waals surface area contributed by atoms with Crippen molar-refractivity contribution in [1.82, 2.24) is 0 Å². The third-order valence-electron chi connectivity index (χ3n) is 0.939. The summed E-state index contributed by atoms with van der Waals surface area (Å²) in [5.74, 6) is -0.292. The van der Waals surface area contributed by atoms with Crippen molar-refractivity contribution in [2.24, 2.45) is 5.73 Å². The van der Waals surface area contributed by atoms with Gasteiger partial charge in [-0.1, -0.05) is 0 Å². The molecule has 0 saturated carbocycles. The third kappa shape index (κ3) is 9.68. The first kappa shape index (κ1) is 13.3. The van der Waals surface area contributed by atoms with Crippen LogP contribution in [0.3, 0.4) is 0 Å². The number of ether oxygens (including phenoxy) is 1. The van der Waals surface area contributed by atoms with E-state index in [-0.39, 0.29) is 31.6 Å². The zero-order valence-electron chi connectivity index (χ0n) is 6.28. The molecule has 0 heterocycles. The summed E-state index contributed by atoms with van der Waals surface area (Å²) in [5.41, 5.74) is 5.15. The lowest BCUT2D eigenvalue weighted by molar-refractivity contribution is -0.144. The van der Waals surface area contributed by atoms with Crippen molar-refractivity contribution in [3.63, 3.8) is 0 Å². The highest BCUT2D eigenvalue weighted by atomic mass is 35.5. The Morgan fingerprint density at radius 3 is 2.64 bits per heavy atom. The molecule has 0 bridgehead atoms. The molecule has 0 atom stereocenters. The molecule has 0 unspecified atom stereocenters. The SMILES string of the molecule is Cl.NCCCC(=O)OCCO. The van der Waals surface area contributed by atoms with E-state index in [0.717, 1.165) is 0 Å². The Morgan fingerprint density at radius 1 is 1.55 bits per heavy atom. The van der Waals surface area contributed by atoms with Gasteiger partial charge in [-0.2, -0.15) is 0 Å². The summed E-state index contributed by atoms with van der Waals surface area (Å²) in [6.07, 6.45) is 0.987. The molecule has 0 radical (unpaired) electrons. The molecule has 0 saturated heterocycles. The van der Waals surface area contributed by atoms with Crippen molar-refractivity contribution in [3.05, 3.63) is 0 Å². The number of halogens is 1. The van der Waals surface area contributed by atoms with Crippen molar-refractivity contribution in [3.8, 4) is 0 Å². The molecule has 0 aliphatic rings. The van der Waals surface area contributed by atoms with Gasteiger partial charge < -0.3 is 15.6 Å². The minimum Gasteiger partial charge on any atom is -0.463 e. The predicted octanol–water partition coefficient (Wildman–Crippen LogP) is -0.317. The van der Waals surface area contributed by atoms with Crippen LogP contribution in [0.2, 0.25) is 0 Å². The van der Waals surface area contributed by atoms with Gasteiger partial charge in [0.25, 0.3) is 0 Å². The molecular formula is C6H14ClNO3. The number of hydrogen-bond donors (Lipinski definition) is 2. The number of carbonyl (C=O) groups excluding carboxylic acids is 1. The first-order valence-electron chi connectivity index (χ1n) is 3.27. The van der Waals surface area contributed by atoms with E-state index in [0.29, 0.717) is 19.4 Å². The molecule has 11 heavy (non-hydrogen) atoms. The van der Waals surface area contributed by atoms with Crippen LogP contribution in [0.15, 0.2) is 0 Å². The third-order valence-corrected chi connectivity index (χ3v) is 0.939. The lowest BCUT2D eigenvalue weighted by Crippen LogP contribution is -2.10. The molecule has 0 aliphatic heterocycles. The minimum atomic E-state index is -0.292. The zero-order chi connectivity index (χ0) is 7.82. The first-order valence-corrected chi connectivity index (χ1v) is 3.27. The molecule has 5 heteroatoms. The van der Waals surface area contributed by atoms with Crippen LogP contribution in [0.25, 0.3) is 0 Å². The van der Waals surface area contributed by atoms with Gasteiger partial charge in [-0.05, 0) is 13.0 Å². The van der Waals surface area contributed by atoms with E-state index in [9.17, 15) is 4.79 Å². The van der Waals surface area contributed by atoms with Crippen molar-refractivity contribution in [2.45, 2.75) is 12.8 Å². The fraction of sp³-hybridized carbons (Fsp3) is 0.833. The standard InChI is InChI=1S/C6H13NO3.ClH/c7-3-1-2-6(9)10-5-4-8;/h8H,1-5,7H2;1H. The number of nitrogens with two attached hydrogens (primary N) is 1. The van der Waals surface area contributed by atoms with Gasteiger partial charge in [-0.3, -0.25) is 4.79 Å². The summed E-state index contributed by atoms with van der Waals surface area (Å²) in [6.45, 7) is 0.464. The molecule has 0 amide bonds. The van der Waals surface area contributed by atoms with Crippen LogP contribution in [-0.4, -0.2) is 30.8 Å². The lowest BCUT2D eigenvalue weighted by atomic mass is 10.3. The second-order valence-electron chi connectivity index (χ2n) is 1.84. The summed E-state index contributed by atoms with van der Waals surface area (Å²) in [7, 11) is 0. The van der Waals surface area contributed by atoms with E-state index >= 15 is 0 Å². The number of carbonyl (C=O) groups is 1. The van der Waals surface area contributed by atoms with Gasteiger partial charge in [0.15, 0.2) is 0 Å². The topological polar surface area (TPSA) is 72.6 Å². The van der Waals surface area contributed by atoms with E-state index < -0.39 is 0 Å². The molecule has 0 fully saturated rings. The second kappa shape index (κ2) is 9.68. The molecule has 3 N–H and O–H groups in total. The summed E-state index contributed by atoms with van der Waals surface area (Å²) >= 11 is 0. The Hall–Kier alpha value is -0.320. The number of aliphatic hydroxyl groups excluding tert-OH is 1. The van der Waals surface area contributed by atoms with Crippen LogP contribution >= 0.6 is 12.4 Å². The summed E-state index contributed by atoms with van der Waals surface area (Å²) in [5, 5.41) is 8.24. The van der Waals surface area contributed by atoms with Gasteiger partial charge in [0.05, 0.1) is 6.61 Å². The van der Waals surface area contributed by atoms with E-state index in [1.807, 2.05) is 0 Å². The fourth-order valence-electron chi connectivity index (χ4n) is 0.478. The van der Waals surface area contributed by atoms with Crippen molar-refractivity contribution >= 4 is 18.4 Å². The zero-order valence-corrected chi connectivity index (χ0v) is 7.10. The molecule has 0 aromatic rings. The van der Waals surface area contributed by atoms with Crippen molar-refractivity contribution in [1.29, 1.82) is 0 Å². The Balaban J connectivity index is 0. The summed E-state index contributed by atoms with van der Waals surface area (Å²) in [4.78, 5) is 10.6. The molecule has 0 spiro atoms. The monoisotopic (exact) mass is 183 g/mol. The maximum atomic E-state index is 10.6. The quantitative estimate of drug-likeness (QED) is 0.574. The molecule has 0 aromatic carbocycles. The van der Waals surface area contributed by atoms with Crippen LogP contribution in [0.5, 0.6) is 0 Å². The number of rotatable bonds is 5. The van der Waals surface area contributed by atoms with Gasteiger partial charge in [0, 0.05) is 6.42 Å². The molecule has 0 aliphatic carbocycles. The van der Waals surface area contributed by atoms with Gasteiger partial charge >= 0.3 is 5.97 Å². The molecular weight excluding hydrogens is 170 g/mol. The number of esters is 1. The highest BCUT2D eigenvalue weighted by molar-refractivity contribution is 5.85. The maximum absolute atomic E-state index is 10.6. The highest BCUT2D eigenvalue weighted by Gasteiger charge is 1.99. The Kier molecular flexibility index (Phi) is 11.7. The lowest BCUT2D eigenvalue weighted by Gasteiger charge is -1.99. The smallest absolute Gasteiger partial charge is 0.305 e. The summed E-state index contributed by atoms with van der Waals surface area (Å²) < 4.78 is 4.55. The molecule has 68 valence electrons. The first-order chi connectivity index (χ1) is 4.81. The van der Waals surface area contributed by atoms with E-state index in [2.05, 4.69) is 4.74 Å². The van der Waals surface area contributed by atoms with Gasteiger partial charge in [0.2, 0.25) is 0 Å². The molecule has 0 aromatic heterocycles. The fourth-order valence-corrected chi connectivity index (χ4v) is 0.478. The Labute approximate surface area is 72.1 Å². The van der Waals surface area contributed by atoms with E-state index in [4.69, 9.17) is 10.8 Å². The van der Waals surface area contributed by atoms with Crippen LogP contribution < -0.4 is 5.73 Å². The van der Waals surface area contributed by atoms with E-state index in [1.165, 1.54) is 0 Å². The average molecular weight is 184 g/mol. The predicted molar refractivity (Wildman–Crippen MR) is 43.6 cm³/mol. The molecule has 0 rings (SSSR count). The highest BCUT2D eigenvalue weighted by Crippen LogP contribution is 1.89. The molecule has 4 nitrogen and oxygen atoms in total. The average Bonchev–Trinajstić information content (AvgIpc) is 1.97. The van der Waals surface area contributed by atoms with Gasteiger partial charge in [-0.15, -0.1) is 12.4 Å². The second-order valence-corrected chi connectivity index (χ2v) is 1.84. The Morgan fingerprint density at radius 2 is 2.18 bits per heavy atom. The van der Waals surface area contributed by atoms with Gasteiger partial charge in [0.1, 0.15) is 6.61 Å². The van der Waals surface area contributed by atoms with Crippen LogP contribution in [-0.2, 0) is 9.53 Å². The van der Waals surface area contributed by atoms with Crippen LogP contribution in [0.4, 0.5) is 0 Å². The number of aliphatic hydroxyl groups is 1.